The summed E-state index contributed by atoms with van der Waals surface area (Å²) < 4.78 is 28.4. The number of hydrogen-bond acceptors (Lipinski definition) is 2. The molecule has 0 N–H and O–H groups in total. The predicted molar refractivity (Wildman–Crippen MR) is 115 cm³/mol. The van der Waals surface area contributed by atoms with Crippen LogP contribution in [-0.4, -0.2) is 25.8 Å². The highest BCUT2D eigenvalue weighted by Crippen LogP contribution is 2.37. The van der Waals surface area contributed by atoms with Crippen molar-refractivity contribution in [2.45, 2.75) is 24.2 Å². The Morgan fingerprint density at radius 2 is 1.61 bits per heavy atom. The minimum Gasteiger partial charge on any atom is -0.207 e. The van der Waals surface area contributed by atoms with E-state index >= 15 is 0 Å². The third kappa shape index (κ3) is 3.82. The Labute approximate surface area is 172 Å². The lowest BCUT2D eigenvalue weighted by molar-refractivity contribution is 0.248. The van der Waals surface area contributed by atoms with E-state index in [1.54, 1.807) is 16.4 Å². The third-order valence-corrected chi connectivity index (χ3v) is 8.07. The summed E-state index contributed by atoms with van der Waals surface area (Å²) in [7, 11) is -3.54. The van der Waals surface area contributed by atoms with Crippen LogP contribution >= 0.6 is 11.6 Å². The van der Waals surface area contributed by atoms with Gasteiger partial charge < -0.3 is 0 Å². The van der Waals surface area contributed by atoms with Gasteiger partial charge in [-0.25, -0.2) is 8.42 Å². The van der Waals surface area contributed by atoms with E-state index in [1.165, 1.54) is 0 Å². The summed E-state index contributed by atoms with van der Waals surface area (Å²) in [4.78, 5) is 0.384. The molecule has 0 amide bonds. The molecule has 0 radical (unpaired) electrons. The lowest BCUT2D eigenvalue weighted by atomic mass is 9.82. The number of hydrogen-bond donors (Lipinski definition) is 0. The zero-order chi connectivity index (χ0) is 19.6. The second-order valence-corrected chi connectivity index (χ2v) is 9.73. The van der Waals surface area contributed by atoms with Crippen molar-refractivity contribution < 1.29 is 8.42 Å². The van der Waals surface area contributed by atoms with E-state index in [1.807, 2.05) is 42.5 Å². The van der Waals surface area contributed by atoms with Gasteiger partial charge in [-0.15, -0.1) is 0 Å². The molecule has 5 heteroatoms. The van der Waals surface area contributed by atoms with Gasteiger partial charge in [0.25, 0.3) is 0 Å². The Balaban J connectivity index is 1.55. The molecule has 28 heavy (non-hydrogen) atoms. The van der Waals surface area contributed by atoms with Crippen molar-refractivity contribution in [3.63, 3.8) is 0 Å². The molecule has 1 aliphatic heterocycles. The van der Waals surface area contributed by atoms with E-state index in [-0.39, 0.29) is 5.92 Å². The van der Waals surface area contributed by atoms with Gasteiger partial charge in [0.1, 0.15) is 0 Å². The van der Waals surface area contributed by atoms with Crippen molar-refractivity contribution in [3.8, 4) is 11.1 Å². The van der Waals surface area contributed by atoms with Crippen LogP contribution in [0.25, 0.3) is 11.1 Å². The first kappa shape index (κ1) is 19.4. The molecule has 0 bridgehead atoms. The first-order valence-corrected chi connectivity index (χ1v) is 11.6. The monoisotopic (exact) mass is 413 g/mol. The average Bonchev–Trinajstić information content (AvgIpc) is 2.75. The largest absolute Gasteiger partial charge is 0.243 e. The van der Waals surface area contributed by atoms with Gasteiger partial charge in [0.15, 0.2) is 0 Å². The van der Waals surface area contributed by atoms with Crippen LogP contribution in [-0.2, 0) is 10.0 Å². The van der Waals surface area contributed by atoms with Gasteiger partial charge in [0.2, 0.25) is 10.0 Å². The molecule has 1 heterocycles. The molecule has 146 valence electrons. The second-order valence-electron chi connectivity index (χ2n) is 7.38. The van der Waals surface area contributed by atoms with Gasteiger partial charge in [-0.05, 0) is 36.8 Å². The summed E-state index contributed by atoms with van der Waals surface area (Å²) in [5, 5.41) is 0.901. The first-order chi connectivity index (χ1) is 13.6. The summed E-state index contributed by atoms with van der Waals surface area (Å²) in [6, 6.07) is 17.0. The topological polar surface area (TPSA) is 37.4 Å². The van der Waals surface area contributed by atoms with E-state index in [0.29, 0.717) is 23.9 Å². The van der Waals surface area contributed by atoms with E-state index in [2.05, 4.69) is 18.2 Å². The van der Waals surface area contributed by atoms with Crippen LogP contribution < -0.4 is 0 Å². The number of piperidine rings is 1. The first-order valence-electron chi connectivity index (χ1n) is 9.74. The Hall–Kier alpha value is -1.88. The molecule has 1 aliphatic carbocycles. The van der Waals surface area contributed by atoms with E-state index in [9.17, 15) is 8.42 Å². The van der Waals surface area contributed by atoms with Crippen LogP contribution in [0.15, 0.2) is 82.8 Å². The normalized spacial score (nSPS) is 21.5. The minimum atomic E-state index is -3.54. The van der Waals surface area contributed by atoms with Gasteiger partial charge in [-0.3, -0.25) is 0 Å². The third-order valence-electron chi connectivity index (χ3n) is 5.71. The Morgan fingerprint density at radius 1 is 0.929 bits per heavy atom. The fourth-order valence-corrected chi connectivity index (χ4v) is 6.20. The van der Waals surface area contributed by atoms with Crippen LogP contribution in [0.4, 0.5) is 0 Å². The standard InChI is InChI=1S/C23H24ClNO2S/c24-22-12-6-4-10-20(22)19-14-16-25(17-15-19)28(26,27)23-13-7-5-11-21(23)18-8-2-1-3-9-18/h1-5,7-13,19-20H,6,14-17H2. The number of sulfonamides is 1. The van der Waals surface area contributed by atoms with E-state index < -0.39 is 10.0 Å². The van der Waals surface area contributed by atoms with Crippen molar-refractivity contribution in [2.24, 2.45) is 11.8 Å². The lowest BCUT2D eigenvalue weighted by Gasteiger charge is -2.35. The fraction of sp³-hybridized carbons (Fsp3) is 0.304. The number of nitrogens with zero attached hydrogens (tertiary/aromatic N) is 1. The molecule has 3 nitrogen and oxygen atoms in total. The molecule has 0 spiro atoms. The number of rotatable bonds is 4. The Kier molecular flexibility index (Phi) is 5.72. The quantitative estimate of drug-likeness (QED) is 0.624. The summed E-state index contributed by atoms with van der Waals surface area (Å²) in [6.07, 6.45) is 8.93. The van der Waals surface area contributed by atoms with Gasteiger partial charge in [0.05, 0.1) is 4.90 Å². The van der Waals surface area contributed by atoms with Crippen molar-refractivity contribution in [1.29, 1.82) is 0 Å². The molecule has 1 unspecified atom stereocenters. The maximum Gasteiger partial charge on any atom is 0.243 e. The van der Waals surface area contributed by atoms with Gasteiger partial charge in [0, 0.05) is 29.6 Å². The Morgan fingerprint density at radius 3 is 2.32 bits per heavy atom. The molecular weight excluding hydrogens is 390 g/mol. The fourth-order valence-electron chi connectivity index (χ4n) is 4.18. The average molecular weight is 414 g/mol. The van der Waals surface area contributed by atoms with E-state index in [0.717, 1.165) is 35.4 Å². The number of halogens is 1. The molecule has 4 rings (SSSR count). The number of allylic oxidation sites excluding steroid dienone is 4. The highest BCUT2D eigenvalue weighted by molar-refractivity contribution is 7.89. The van der Waals surface area contributed by atoms with Crippen LogP contribution in [0.1, 0.15) is 19.3 Å². The summed E-state index contributed by atoms with van der Waals surface area (Å²) in [5.41, 5.74) is 1.67. The van der Waals surface area contributed by atoms with Gasteiger partial charge in [-0.1, -0.05) is 78.4 Å². The maximum atomic E-state index is 13.4. The Bertz CT molecular complexity index is 990. The van der Waals surface area contributed by atoms with Crippen molar-refractivity contribution in [3.05, 3.63) is 77.9 Å². The van der Waals surface area contributed by atoms with Gasteiger partial charge >= 0.3 is 0 Å². The van der Waals surface area contributed by atoms with Crippen LogP contribution in [0.2, 0.25) is 0 Å². The zero-order valence-electron chi connectivity index (χ0n) is 15.7. The van der Waals surface area contributed by atoms with Crippen molar-refractivity contribution >= 4 is 21.6 Å². The van der Waals surface area contributed by atoms with Gasteiger partial charge in [-0.2, -0.15) is 4.31 Å². The van der Waals surface area contributed by atoms with Crippen LogP contribution in [0.3, 0.4) is 0 Å². The van der Waals surface area contributed by atoms with E-state index in [4.69, 9.17) is 11.6 Å². The zero-order valence-corrected chi connectivity index (χ0v) is 17.2. The molecule has 0 aromatic heterocycles. The minimum absolute atomic E-state index is 0.233. The predicted octanol–water partition coefficient (Wildman–Crippen LogP) is 5.45. The molecule has 1 atom stereocenters. The van der Waals surface area contributed by atoms with Crippen LogP contribution in [0, 0.1) is 11.8 Å². The second kappa shape index (κ2) is 8.24. The molecule has 2 aromatic rings. The maximum absolute atomic E-state index is 13.4. The molecule has 0 saturated carbocycles. The van der Waals surface area contributed by atoms with Crippen LogP contribution in [0.5, 0.6) is 0 Å². The lowest BCUT2D eigenvalue weighted by Crippen LogP contribution is -2.40. The molecular formula is C23H24ClNO2S. The molecule has 1 saturated heterocycles. The highest BCUT2D eigenvalue weighted by atomic mass is 35.5. The number of benzene rings is 2. The highest BCUT2D eigenvalue weighted by Gasteiger charge is 2.34. The SMILES string of the molecule is O=S(=O)(c1ccccc1-c1ccccc1)N1CCC(C2C=CCC=C2Cl)CC1. The van der Waals surface area contributed by atoms with Crippen molar-refractivity contribution in [2.75, 3.05) is 13.1 Å². The summed E-state index contributed by atoms with van der Waals surface area (Å²) >= 11 is 6.40. The molecule has 2 aliphatic rings. The summed E-state index contributed by atoms with van der Waals surface area (Å²) in [6.45, 7) is 1.06. The van der Waals surface area contributed by atoms with Crippen molar-refractivity contribution in [1.82, 2.24) is 4.31 Å². The molecule has 2 aromatic carbocycles. The molecule has 1 fully saturated rings. The smallest absolute Gasteiger partial charge is 0.207 e. The summed E-state index contributed by atoms with van der Waals surface area (Å²) in [5.74, 6) is 0.632.